The standard InChI is InChI=1S/C21H23FN4O3/c1-23-21(29)24-19(27)18(15-7-3-2-4-8-15)25-11-13-26(14-12-25)20(28)16-9-5-6-10-17(16)22/h2-10,18H,11-14H2,1H3,(H2,23,24,27,29). The molecule has 4 amide bonds. The summed E-state index contributed by atoms with van der Waals surface area (Å²) in [6.07, 6.45) is 0. The molecule has 7 nitrogen and oxygen atoms in total. The fourth-order valence-corrected chi connectivity index (χ4v) is 3.39. The van der Waals surface area contributed by atoms with Crippen LogP contribution >= 0.6 is 0 Å². The van der Waals surface area contributed by atoms with Crippen molar-refractivity contribution in [2.24, 2.45) is 0 Å². The lowest BCUT2D eigenvalue weighted by Gasteiger charge is -2.38. The number of hydrogen-bond donors (Lipinski definition) is 2. The number of imide groups is 1. The maximum Gasteiger partial charge on any atom is 0.321 e. The van der Waals surface area contributed by atoms with Gasteiger partial charge in [0.2, 0.25) is 5.91 Å². The highest BCUT2D eigenvalue weighted by Crippen LogP contribution is 2.23. The molecule has 2 aromatic rings. The molecular formula is C21H23FN4O3. The average molecular weight is 398 g/mol. The van der Waals surface area contributed by atoms with E-state index in [0.29, 0.717) is 26.2 Å². The summed E-state index contributed by atoms with van der Waals surface area (Å²) in [5, 5.41) is 4.70. The van der Waals surface area contributed by atoms with Gasteiger partial charge in [0, 0.05) is 33.2 Å². The highest BCUT2D eigenvalue weighted by Gasteiger charge is 2.32. The number of halogens is 1. The third kappa shape index (κ3) is 4.78. The molecule has 1 atom stereocenters. The van der Waals surface area contributed by atoms with Gasteiger partial charge in [0.1, 0.15) is 11.9 Å². The number of carbonyl (C=O) groups excluding carboxylic acids is 3. The van der Waals surface area contributed by atoms with Gasteiger partial charge in [-0.3, -0.25) is 19.8 Å². The first-order valence-electron chi connectivity index (χ1n) is 9.36. The lowest BCUT2D eigenvalue weighted by molar-refractivity contribution is -0.126. The Bertz CT molecular complexity index is 883. The minimum atomic E-state index is -0.667. The van der Waals surface area contributed by atoms with Gasteiger partial charge in [0.05, 0.1) is 5.56 Å². The summed E-state index contributed by atoms with van der Waals surface area (Å²) < 4.78 is 13.9. The molecule has 1 heterocycles. The summed E-state index contributed by atoms with van der Waals surface area (Å²) in [5.74, 6) is -1.36. The van der Waals surface area contributed by atoms with E-state index in [9.17, 15) is 18.8 Å². The van der Waals surface area contributed by atoms with E-state index in [1.165, 1.54) is 19.2 Å². The van der Waals surface area contributed by atoms with Crippen molar-refractivity contribution < 1.29 is 18.8 Å². The molecule has 2 N–H and O–H groups in total. The second-order valence-electron chi connectivity index (χ2n) is 6.69. The second-order valence-corrected chi connectivity index (χ2v) is 6.69. The van der Waals surface area contributed by atoms with Crippen molar-refractivity contribution in [2.45, 2.75) is 6.04 Å². The molecule has 0 bridgehead atoms. The molecule has 0 spiro atoms. The Balaban J connectivity index is 1.73. The first-order chi connectivity index (χ1) is 14.0. The number of nitrogens with zero attached hydrogens (tertiary/aromatic N) is 2. The Hall–Kier alpha value is -3.26. The third-order valence-corrected chi connectivity index (χ3v) is 4.90. The van der Waals surface area contributed by atoms with E-state index in [1.54, 1.807) is 17.0 Å². The maximum absolute atomic E-state index is 13.9. The van der Waals surface area contributed by atoms with Crippen LogP contribution in [0.25, 0.3) is 0 Å². The molecule has 1 saturated heterocycles. The summed E-state index contributed by atoms with van der Waals surface area (Å²) in [4.78, 5) is 40.5. The molecule has 1 unspecified atom stereocenters. The van der Waals surface area contributed by atoms with Crippen LogP contribution in [0.15, 0.2) is 54.6 Å². The number of nitrogens with one attached hydrogen (secondary N) is 2. The monoisotopic (exact) mass is 398 g/mol. The van der Waals surface area contributed by atoms with Crippen molar-refractivity contribution in [3.8, 4) is 0 Å². The van der Waals surface area contributed by atoms with Crippen LogP contribution in [0.5, 0.6) is 0 Å². The van der Waals surface area contributed by atoms with E-state index in [2.05, 4.69) is 10.6 Å². The van der Waals surface area contributed by atoms with Gasteiger partial charge in [-0.15, -0.1) is 0 Å². The molecular weight excluding hydrogens is 375 g/mol. The molecule has 0 aliphatic carbocycles. The number of benzene rings is 2. The molecule has 3 rings (SSSR count). The minimum Gasteiger partial charge on any atom is -0.341 e. The number of urea groups is 1. The molecule has 1 aliphatic heterocycles. The summed E-state index contributed by atoms with van der Waals surface area (Å²) in [5.41, 5.74) is 0.792. The van der Waals surface area contributed by atoms with Crippen LogP contribution in [0.4, 0.5) is 9.18 Å². The van der Waals surface area contributed by atoms with Crippen molar-refractivity contribution in [3.63, 3.8) is 0 Å². The number of amides is 4. The summed E-state index contributed by atoms with van der Waals surface area (Å²) in [7, 11) is 1.44. The number of carbonyl (C=O) groups is 3. The summed E-state index contributed by atoms with van der Waals surface area (Å²) >= 11 is 0. The van der Waals surface area contributed by atoms with Crippen molar-refractivity contribution >= 4 is 17.8 Å². The quantitative estimate of drug-likeness (QED) is 0.823. The van der Waals surface area contributed by atoms with Gasteiger partial charge < -0.3 is 10.2 Å². The fourth-order valence-electron chi connectivity index (χ4n) is 3.39. The Morgan fingerprint density at radius 2 is 1.55 bits per heavy atom. The SMILES string of the molecule is CNC(=O)NC(=O)C(c1ccccc1)N1CCN(C(=O)c2ccccc2F)CC1. The Kier molecular flexibility index (Phi) is 6.56. The largest absolute Gasteiger partial charge is 0.341 e. The van der Waals surface area contributed by atoms with Gasteiger partial charge in [0.15, 0.2) is 0 Å². The van der Waals surface area contributed by atoms with Crippen LogP contribution in [-0.4, -0.2) is 60.9 Å². The van der Waals surface area contributed by atoms with Gasteiger partial charge in [0.25, 0.3) is 5.91 Å². The van der Waals surface area contributed by atoms with E-state index < -0.39 is 23.8 Å². The van der Waals surface area contributed by atoms with Gasteiger partial charge in [-0.2, -0.15) is 0 Å². The van der Waals surface area contributed by atoms with Crippen LogP contribution in [0.2, 0.25) is 0 Å². The normalized spacial score (nSPS) is 15.4. The molecule has 0 radical (unpaired) electrons. The van der Waals surface area contributed by atoms with E-state index in [1.807, 2.05) is 35.2 Å². The van der Waals surface area contributed by atoms with Crippen LogP contribution in [-0.2, 0) is 4.79 Å². The maximum atomic E-state index is 13.9. The van der Waals surface area contributed by atoms with E-state index in [-0.39, 0.29) is 11.5 Å². The van der Waals surface area contributed by atoms with Crippen LogP contribution < -0.4 is 10.6 Å². The molecule has 0 aromatic heterocycles. The summed E-state index contributed by atoms with van der Waals surface area (Å²) in [6.45, 7) is 1.54. The number of piperazine rings is 1. The Labute approximate surface area is 168 Å². The lowest BCUT2D eigenvalue weighted by Crippen LogP contribution is -2.53. The topological polar surface area (TPSA) is 81.8 Å². The van der Waals surface area contributed by atoms with Crippen LogP contribution in [0, 0.1) is 5.82 Å². The molecule has 8 heteroatoms. The Morgan fingerprint density at radius 1 is 0.931 bits per heavy atom. The molecule has 152 valence electrons. The van der Waals surface area contributed by atoms with Gasteiger partial charge in [-0.25, -0.2) is 9.18 Å². The van der Waals surface area contributed by atoms with Crippen LogP contribution in [0.1, 0.15) is 22.0 Å². The van der Waals surface area contributed by atoms with E-state index in [4.69, 9.17) is 0 Å². The third-order valence-electron chi connectivity index (χ3n) is 4.90. The van der Waals surface area contributed by atoms with Crippen LogP contribution in [0.3, 0.4) is 0 Å². The van der Waals surface area contributed by atoms with Crippen molar-refractivity contribution in [2.75, 3.05) is 33.2 Å². The fraction of sp³-hybridized carbons (Fsp3) is 0.286. The Morgan fingerprint density at radius 3 is 2.17 bits per heavy atom. The van der Waals surface area contributed by atoms with E-state index >= 15 is 0 Å². The van der Waals surface area contributed by atoms with Gasteiger partial charge in [-0.1, -0.05) is 42.5 Å². The first kappa shape index (κ1) is 20.5. The molecule has 0 saturated carbocycles. The van der Waals surface area contributed by atoms with Gasteiger partial charge in [-0.05, 0) is 17.7 Å². The predicted molar refractivity (Wildman–Crippen MR) is 106 cm³/mol. The smallest absolute Gasteiger partial charge is 0.321 e. The van der Waals surface area contributed by atoms with Crippen molar-refractivity contribution in [3.05, 3.63) is 71.5 Å². The summed E-state index contributed by atoms with van der Waals surface area (Å²) in [6, 6.07) is 13.8. The highest BCUT2D eigenvalue weighted by atomic mass is 19.1. The molecule has 29 heavy (non-hydrogen) atoms. The minimum absolute atomic E-state index is 0.0397. The average Bonchev–Trinajstić information content (AvgIpc) is 2.75. The number of hydrogen-bond acceptors (Lipinski definition) is 4. The van der Waals surface area contributed by atoms with Crippen molar-refractivity contribution in [1.29, 1.82) is 0 Å². The highest BCUT2D eigenvalue weighted by molar-refractivity contribution is 5.97. The molecule has 2 aromatic carbocycles. The van der Waals surface area contributed by atoms with E-state index in [0.717, 1.165) is 5.56 Å². The lowest BCUT2D eigenvalue weighted by atomic mass is 10.0. The van der Waals surface area contributed by atoms with Crippen molar-refractivity contribution in [1.82, 2.24) is 20.4 Å². The predicted octanol–water partition coefficient (Wildman–Crippen LogP) is 1.78. The molecule has 1 aliphatic rings. The zero-order valence-corrected chi connectivity index (χ0v) is 16.1. The number of rotatable bonds is 4. The van der Waals surface area contributed by atoms with Gasteiger partial charge >= 0.3 is 6.03 Å². The zero-order chi connectivity index (χ0) is 20.8. The molecule has 1 fully saturated rings. The second kappa shape index (κ2) is 9.29. The first-order valence-corrected chi connectivity index (χ1v) is 9.36. The zero-order valence-electron chi connectivity index (χ0n) is 16.1.